The Morgan fingerprint density at radius 2 is 2.00 bits per heavy atom. The van der Waals surface area contributed by atoms with Crippen molar-refractivity contribution in [1.29, 1.82) is 0 Å². The van der Waals surface area contributed by atoms with Crippen LogP contribution in [0.3, 0.4) is 0 Å². The van der Waals surface area contributed by atoms with E-state index < -0.39 is 5.69 Å². The topological polar surface area (TPSA) is 47.6 Å². The number of hydrogen-bond acceptors (Lipinski definition) is 5. The molecule has 8 heteroatoms. The van der Waals surface area contributed by atoms with Gasteiger partial charge in [-0.2, -0.15) is 0 Å². The molecule has 0 saturated carbocycles. The van der Waals surface area contributed by atoms with Gasteiger partial charge in [0.25, 0.3) is 0 Å². The van der Waals surface area contributed by atoms with Crippen molar-refractivity contribution in [3.05, 3.63) is 0 Å². The highest BCUT2D eigenvalue weighted by atomic mass is 32.9. The standard InChI is InChI=1S/C5H12NO3PS2.Mg.2H/c1-6-5(7)4-12-10(11,8-2)9-3;;;/h4H2,1-3H3,(H,6,7);;;. The molecule has 0 radical (unpaired) electrons. The maximum absolute atomic E-state index is 10.8. The van der Waals surface area contributed by atoms with Crippen LogP contribution >= 0.6 is 17.1 Å². The van der Waals surface area contributed by atoms with Crippen molar-refractivity contribution >= 4 is 57.8 Å². The number of amides is 1. The van der Waals surface area contributed by atoms with E-state index in [9.17, 15) is 4.79 Å². The van der Waals surface area contributed by atoms with Crippen molar-refractivity contribution in [3.8, 4) is 0 Å². The molecule has 0 aromatic heterocycles. The molecule has 0 unspecified atom stereocenters. The smallest absolute Gasteiger partial charge is 0.316 e. The Kier molecular flexibility index (Phi) is 10.8. The summed E-state index contributed by atoms with van der Waals surface area (Å²) in [6.45, 7) is 0. The lowest BCUT2D eigenvalue weighted by molar-refractivity contribution is -0.118. The molecule has 0 rings (SSSR count). The van der Waals surface area contributed by atoms with Crippen molar-refractivity contribution in [2.75, 3.05) is 27.0 Å². The molecule has 0 heterocycles. The Bertz CT molecular complexity index is 196. The Morgan fingerprint density at radius 3 is 2.31 bits per heavy atom. The SMILES string of the molecule is CNC(=O)CSP(=S)(OC)OC.[MgH2]. The maximum atomic E-state index is 10.8. The average molecular weight is 256 g/mol. The summed E-state index contributed by atoms with van der Waals surface area (Å²) in [5.41, 5.74) is -2.26. The zero-order valence-corrected chi connectivity index (χ0v) is 9.72. The average Bonchev–Trinajstić information content (AvgIpc) is 2.13. The summed E-state index contributed by atoms with van der Waals surface area (Å²) in [6, 6.07) is 0. The highest BCUT2D eigenvalue weighted by Crippen LogP contribution is 2.59. The van der Waals surface area contributed by atoms with Crippen LogP contribution in [0.2, 0.25) is 0 Å². The van der Waals surface area contributed by atoms with E-state index in [0.29, 0.717) is 0 Å². The van der Waals surface area contributed by atoms with Crippen molar-refractivity contribution < 1.29 is 13.8 Å². The Hall–Kier alpha value is 1.16. The molecule has 0 aliphatic rings. The van der Waals surface area contributed by atoms with Crippen LogP contribution in [0.15, 0.2) is 0 Å². The van der Waals surface area contributed by atoms with E-state index in [1.807, 2.05) is 0 Å². The fourth-order valence-corrected chi connectivity index (χ4v) is 3.10. The maximum Gasteiger partial charge on any atom is 0.316 e. The van der Waals surface area contributed by atoms with E-state index in [1.54, 1.807) is 7.05 Å². The molecule has 0 aromatic carbocycles. The second kappa shape index (κ2) is 8.46. The minimum atomic E-state index is -2.26. The van der Waals surface area contributed by atoms with Crippen LogP contribution in [-0.4, -0.2) is 56.0 Å². The molecule has 0 atom stereocenters. The van der Waals surface area contributed by atoms with Gasteiger partial charge in [-0.15, -0.1) is 0 Å². The molecule has 0 saturated heterocycles. The molecule has 13 heavy (non-hydrogen) atoms. The molecule has 1 amide bonds. The molecule has 4 nitrogen and oxygen atoms in total. The summed E-state index contributed by atoms with van der Waals surface area (Å²) < 4.78 is 9.94. The highest BCUT2D eigenvalue weighted by molar-refractivity contribution is 8.68. The zero-order chi connectivity index (χ0) is 9.61. The van der Waals surface area contributed by atoms with Crippen LogP contribution < -0.4 is 5.32 Å². The summed E-state index contributed by atoms with van der Waals surface area (Å²) in [7, 11) is 4.55. The lowest BCUT2D eigenvalue weighted by atomic mass is 10.7. The van der Waals surface area contributed by atoms with Gasteiger partial charge in [-0.05, 0) is 11.8 Å². The molecule has 76 valence electrons. The summed E-state index contributed by atoms with van der Waals surface area (Å²) in [5, 5.41) is 2.49. The van der Waals surface area contributed by atoms with E-state index in [-0.39, 0.29) is 34.7 Å². The number of rotatable bonds is 5. The number of nitrogens with one attached hydrogen (secondary N) is 1. The first kappa shape index (κ1) is 16.6. The third-order valence-electron chi connectivity index (χ3n) is 1.08. The van der Waals surface area contributed by atoms with Gasteiger partial charge < -0.3 is 14.4 Å². The summed E-state index contributed by atoms with van der Waals surface area (Å²) >= 11 is 6.25. The number of hydrogen-bond donors (Lipinski definition) is 1. The molecule has 0 bridgehead atoms. The van der Waals surface area contributed by atoms with Crippen LogP contribution in [0.1, 0.15) is 0 Å². The second-order valence-electron chi connectivity index (χ2n) is 1.76. The van der Waals surface area contributed by atoms with E-state index in [1.165, 1.54) is 25.6 Å². The second-order valence-corrected chi connectivity index (χ2v) is 8.28. The fraction of sp³-hybridized carbons (Fsp3) is 0.800. The van der Waals surface area contributed by atoms with Crippen LogP contribution in [0.5, 0.6) is 0 Å². The molecule has 0 fully saturated rings. The van der Waals surface area contributed by atoms with Gasteiger partial charge >= 0.3 is 23.1 Å². The minimum absolute atomic E-state index is 0. The molecule has 0 aromatic rings. The first-order chi connectivity index (χ1) is 5.58. The number of carbonyl (C=O) groups excluding carboxylic acids is 1. The summed E-state index contributed by atoms with van der Waals surface area (Å²) in [5.74, 6) is 0.193. The molecule has 0 spiro atoms. The van der Waals surface area contributed by atoms with Gasteiger partial charge in [-0.25, -0.2) is 0 Å². The molecular formula is C5H14MgNO3PS2. The van der Waals surface area contributed by atoms with Gasteiger partial charge in [-0.3, -0.25) is 4.79 Å². The van der Waals surface area contributed by atoms with Crippen molar-refractivity contribution in [3.63, 3.8) is 0 Å². The Morgan fingerprint density at radius 1 is 1.54 bits per heavy atom. The van der Waals surface area contributed by atoms with Crippen molar-refractivity contribution in [2.24, 2.45) is 0 Å². The molecule has 0 aliphatic carbocycles. The zero-order valence-electron chi connectivity index (χ0n) is 7.20. The van der Waals surface area contributed by atoms with Gasteiger partial charge in [0, 0.05) is 21.3 Å². The first-order valence-electron chi connectivity index (χ1n) is 3.14. The van der Waals surface area contributed by atoms with Crippen LogP contribution in [0, 0.1) is 0 Å². The van der Waals surface area contributed by atoms with Crippen molar-refractivity contribution in [1.82, 2.24) is 5.32 Å². The summed E-state index contributed by atoms with van der Waals surface area (Å²) in [6.07, 6.45) is 0. The van der Waals surface area contributed by atoms with Gasteiger partial charge in [0.1, 0.15) is 0 Å². The van der Waals surface area contributed by atoms with Gasteiger partial charge in [0.2, 0.25) is 11.6 Å². The van der Waals surface area contributed by atoms with Crippen LogP contribution in [0.4, 0.5) is 0 Å². The monoisotopic (exact) mass is 255 g/mol. The lowest BCUT2D eigenvalue weighted by Gasteiger charge is -2.15. The Labute approximate surface area is 104 Å². The van der Waals surface area contributed by atoms with E-state index in [0.717, 1.165) is 0 Å². The van der Waals surface area contributed by atoms with E-state index in [4.69, 9.17) is 20.9 Å². The van der Waals surface area contributed by atoms with Gasteiger partial charge in [-0.1, -0.05) is 11.4 Å². The fourth-order valence-electron chi connectivity index (χ4n) is 0.390. The third kappa shape index (κ3) is 7.13. The molecule has 0 aliphatic heterocycles. The predicted molar refractivity (Wildman–Crippen MR) is 63.4 cm³/mol. The normalized spacial score (nSPS) is 10.4. The molecule has 1 N–H and O–H groups in total. The van der Waals surface area contributed by atoms with E-state index in [2.05, 4.69) is 5.32 Å². The largest absolute Gasteiger partial charge is 0.358 e. The lowest BCUT2D eigenvalue weighted by Crippen LogP contribution is -2.19. The minimum Gasteiger partial charge on any atom is -0.358 e. The van der Waals surface area contributed by atoms with Gasteiger partial charge in [0.15, 0.2) is 0 Å². The quantitative estimate of drug-likeness (QED) is 0.556. The highest BCUT2D eigenvalue weighted by Gasteiger charge is 2.17. The third-order valence-corrected chi connectivity index (χ3v) is 6.76. The van der Waals surface area contributed by atoms with Crippen molar-refractivity contribution in [2.45, 2.75) is 0 Å². The first-order valence-corrected chi connectivity index (χ1v) is 7.37. The Balaban J connectivity index is 0. The predicted octanol–water partition coefficient (Wildman–Crippen LogP) is 0.0667. The number of carbonyl (C=O) groups is 1. The van der Waals surface area contributed by atoms with Gasteiger partial charge in [0.05, 0.1) is 5.75 Å². The van der Waals surface area contributed by atoms with Crippen LogP contribution in [0.25, 0.3) is 0 Å². The molecular weight excluding hydrogens is 241 g/mol. The summed E-state index contributed by atoms with van der Waals surface area (Å²) in [4.78, 5) is 10.8. The van der Waals surface area contributed by atoms with E-state index >= 15 is 0 Å². The van der Waals surface area contributed by atoms with Crippen LogP contribution in [-0.2, 0) is 25.6 Å².